The molecular formula is C14H23BrN2S. The zero-order valence-electron chi connectivity index (χ0n) is 11.1. The first-order chi connectivity index (χ1) is 8.79. The Morgan fingerprint density at radius 2 is 2.33 bits per heavy atom. The summed E-state index contributed by atoms with van der Waals surface area (Å²) in [4.78, 5) is 4.13. The van der Waals surface area contributed by atoms with Gasteiger partial charge in [0.1, 0.15) is 0 Å². The van der Waals surface area contributed by atoms with Gasteiger partial charge in [-0.1, -0.05) is 13.3 Å². The van der Waals surface area contributed by atoms with E-state index in [0.717, 1.165) is 25.7 Å². The van der Waals surface area contributed by atoms with Crippen LogP contribution >= 0.6 is 27.3 Å². The molecule has 4 heteroatoms. The predicted molar refractivity (Wildman–Crippen MR) is 83.2 cm³/mol. The van der Waals surface area contributed by atoms with E-state index in [4.69, 9.17) is 0 Å². The van der Waals surface area contributed by atoms with Gasteiger partial charge < -0.3 is 5.32 Å². The molecule has 1 aliphatic rings. The Bertz CT molecular complexity index is 353. The van der Waals surface area contributed by atoms with Gasteiger partial charge in [0.15, 0.2) is 0 Å². The second kappa shape index (κ2) is 7.63. The van der Waals surface area contributed by atoms with Crippen LogP contribution in [-0.2, 0) is 6.54 Å². The van der Waals surface area contributed by atoms with E-state index in [1.54, 1.807) is 0 Å². The van der Waals surface area contributed by atoms with E-state index < -0.39 is 0 Å². The maximum Gasteiger partial charge on any atom is 0.0701 e. The number of nitrogens with one attached hydrogen (secondary N) is 1. The van der Waals surface area contributed by atoms with Crippen LogP contribution in [0.4, 0.5) is 0 Å². The lowest BCUT2D eigenvalue weighted by molar-refractivity contribution is 0.139. The van der Waals surface area contributed by atoms with Crippen LogP contribution in [0, 0.1) is 0 Å². The van der Waals surface area contributed by atoms with Gasteiger partial charge in [-0.05, 0) is 60.4 Å². The molecule has 1 unspecified atom stereocenters. The predicted octanol–water partition coefficient (Wildman–Crippen LogP) is 3.86. The van der Waals surface area contributed by atoms with Crippen LogP contribution in [0.1, 0.15) is 37.5 Å². The minimum absolute atomic E-state index is 0.728. The summed E-state index contributed by atoms with van der Waals surface area (Å²) in [7, 11) is 0. The molecule has 102 valence electrons. The smallest absolute Gasteiger partial charge is 0.0701 e. The average molecular weight is 331 g/mol. The Hall–Kier alpha value is 0.1000. The molecule has 18 heavy (non-hydrogen) atoms. The van der Waals surface area contributed by atoms with Crippen LogP contribution in [0.15, 0.2) is 15.9 Å². The van der Waals surface area contributed by atoms with Crippen molar-refractivity contribution in [2.45, 2.75) is 45.2 Å². The van der Waals surface area contributed by atoms with E-state index >= 15 is 0 Å². The molecule has 0 aliphatic carbocycles. The zero-order valence-corrected chi connectivity index (χ0v) is 13.5. The molecule has 1 saturated heterocycles. The SMILES string of the molecule is CCCNCC1CCCCN1Cc1ccc(Br)s1. The monoisotopic (exact) mass is 330 g/mol. The largest absolute Gasteiger partial charge is 0.315 e. The van der Waals surface area contributed by atoms with Crippen LogP contribution in [0.25, 0.3) is 0 Å². The first-order valence-electron chi connectivity index (χ1n) is 6.98. The summed E-state index contributed by atoms with van der Waals surface area (Å²) in [5, 5.41) is 3.58. The molecule has 0 spiro atoms. The number of halogens is 1. The normalized spacial score (nSPS) is 21.3. The second-order valence-electron chi connectivity index (χ2n) is 5.03. The summed E-state index contributed by atoms with van der Waals surface area (Å²) in [6.07, 6.45) is 5.33. The molecule has 0 aromatic carbocycles. The molecule has 0 saturated carbocycles. The summed E-state index contributed by atoms with van der Waals surface area (Å²) in [6, 6.07) is 5.14. The lowest BCUT2D eigenvalue weighted by Gasteiger charge is -2.35. The number of hydrogen-bond donors (Lipinski definition) is 1. The van der Waals surface area contributed by atoms with Crippen LogP contribution in [0.3, 0.4) is 0 Å². The van der Waals surface area contributed by atoms with E-state index in [1.165, 1.54) is 40.9 Å². The molecule has 1 atom stereocenters. The molecule has 0 bridgehead atoms. The molecule has 2 heterocycles. The van der Waals surface area contributed by atoms with Crippen LogP contribution < -0.4 is 5.32 Å². The molecular weight excluding hydrogens is 308 g/mol. The van der Waals surface area contributed by atoms with Crippen molar-refractivity contribution in [3.63, 3.8) is 0 Å². The van der Waals surface area contributed by atoms with E-state index in [9.17, 15) is 0 Å². The molecule has 2 rings (SSSR count). The Morgan fingerprint density at radius 3 is 3.06 bits per heavy atom. The van der Waals surface area contributed by atoms with Crippen LogP contribution in [-0.4, -0.2) is 30.6 Å². The second-order valence-corrected chi connectivity index (χ2v) is 7.58. The molecule has 1 N–H and O–H groups in total. The fourth-order valence-electron chi connectivity index (χ4n) is 2.58. The third kappa shape index (κ3) is 4.34. The van der Waals surface area contributed by atoms with Crippen molar-refractivity contribution in [3.8, 4) is 0 Å². The van der Waals surface area contributed by atoms with Crippen molar-refractivity contribution in [1.29, 1.82) is 0 Å². The molecule has 1 aliphatic heterocycles. The third-order valence-corrected chi connectivity index (χ3v) is 5.15. The first kappa shape index (κ1) is 14.5. The quantitative estimate of drug-likeness (QED) is 0.796. The summed E-state index contributed by atoms with van der Waals surface area (Å²) in [5.74, 6) is 0. The molecule has 1 fully saturated rings. The van der Waals surface area contributed by atoms with Gasteiger partial charge in [-0.15, -0.1) is 11.3 Å². The highest BCUT2D eigenvalue weighted by molar-refractivity contribution is 9.11. The van der Waals surface area contributed by atoms with Crippen molar-refractivity contribution >= 4 is 27.3 Å². The fraction of sp³-hybridized carbons (Fsp3) is 0.714. The summed E-state index contributed by atoms with van der Waals surface area (Å²) >= 11 is 5.42. The minimum Gasteiger partial charge on any atom is -0.315 e. The maximum absolute atomic E-state index is 3.58. The molecule has 0 amide bonds. The number of nitrogens with zero attached hydrogens (tertiary/aromatic N) is 1. The summed E-state index contributed by atoms with van der Waals surface area (Å²) < 4.78 is 1.25. The van der Waals surface area contributed by atoms with Gasteiger partial charge in [-0.3, -0.25) is 4.90 Å². The number of piperidine rings is 1. The van der Waals surface area contributed by atoms with E-state index in [0.29, 0.717) is 0 Å². The maximum atomic E-state index is 3.58. The number of likely N-dealkylation sites (tertiary alicyclic amines) is 1. The van der Waals surface area contributed by atoms with E-state index in [2.05, 4.69) is 45.2 Å². The van der Waals surface area contributed by atoms with Gasteiger partial charge in [-0.25, -0.2) is 0 Å². The van der Waals surface area contributed by atoms with Crippen molar-refractivity contribution in [2.75, 3.05) is 19.6 Å². The highest BCUT2D eigenvalue weighted by atomic mass is 79.9. The topological polar surface area (TPSA) is 15.3 Å². The minimum atomic E-state index is 0.728. The number of hydrogen-bond acceptors (Lipinski definition) is 3. The van der Waals surface area contributed by atoms with Gasteiger partial charge in [-0.2, -0.15) is 0 Å². The fourth-order valence-corrected chi connectivity index (χ4v) is 4.09. The van der Waals surface area contributed by atoms with Crippen molar-refractivity contribution < 1.29 is 0 Å². The van der Waals surface area contributed by atoms with Crippen molar-refractivity contribution in [2.24, 2.45) is 0 Å². The Balaban J connectivity index is 1.86. The number of rotatable bonds is 6. The highest BCUT2D eigenvalue weighted by Crippen LogP contribution is 2.26. The van der Waals surface area contributed by atoms with Gasteiger partial charge in [0, 0.05) is 24.0 Å². The molecule has 1 aromatic heterocycles. The lowest BCUT2D eigenvalue weighted by atomic mass is 10.0. The first-order valence-corrected chi connectivity index (χ1v) is 8.59. The molecule has 1 aromatic rings. The van der Waals surface area contributed by atoms with Crippen molar-refractivity contribution in [3.05, 3.63) is 20.8 Å². The Morgan fingerprint density at radius 1 is 1.44 bits per heavy atom. The molecule has 2 nitrogen and oxygen atoms in total. The van der Waals surface area contributed by atoms with Gasteiger partial charge in [0.05, 0.1) is 3.79 Å². The highest BCUT2D eigenvalue weighted by Gasteiger charge is 2.22. The van der Waals surface area contributed by atoms with E-state index in [-0.39, 0.29) is 0 Å². The third-order valence-electron chi connectivity index (χ3n) is 3.54. The van der Waals surface area contributed by atoms with Crippen molar-refractivity contribution in [1.82, 2.24) is 10.2 Å². The summed E-state index contributed by atoms with van der Waals surface area (Å²) in [6.45, 7) is 6.91. The zero-order chi connectivity index (χ0) is 12.8. The number of thiophene rings is 1. The molecule has 0 radical (unpaired) electrons. The van der Waals surface area contributed by atoms with Gasteiger partial charge >= 0.3 is 0 Å². The van der Waals surface area contributed by atoms with E-state index in [1.807, 2.05) is 11.3 Å². The Kier molecular flexibility index (Phi) is 6.15. The average Bonchev–Trinajstić information content (AvgIpc) is 2.77. The summed E-state index contributed by atoms with van der Waals surface area (Å²) in [5.41, 5.74) is 0. The van der Waals surface area contributed by atoms with Gasteiger partial charge in [0.25, 0.3) is 0 Å². The standard InChI is InChI=1S/C14H23BrN2S/c1-2-8-16-10-12-5-3-4-9-17(12)11-13-6-7-14(15)18-13/h6-7,12,16H,2-5,8-11H2,1H3. The van der Waals surface area contributed by atoms with Gasteiger partial charge in [0.2, 0.25) is 0 Å². The van der Waals surface area contributed by atoms with Crippen LogP contribution in [0.2, 0.25) is 0 Å². The van der Waals surface area contributed by atoms with Crippen LogP contribution in [0.5, 0.6) is 0 Å². The Labute approximate surface area is 123 Å². The lowest BCUT2D eigenvalue weighted by Crippen LogP contribution is -2.44.